The van der Waals surface area contributed by atoms with Gasteiger partial charge in [0.15, 0.2) is 0 Å². The molecule has 0 bridgehead atoms. The highest BCUT2D eigenvalue weighted by atomic mass is 32.2. The lowest BCUT2D eigenvalue weighted by atomic mass is 10.1. The first kappa shape index (κ1) is 21.1. The van der Waals surface area contributed by atoms with E-state index in [0.29, 0.717) is 29.2 Å². The lowest BCUT2D eigenvalue weighted by Crippen LogP contribution is -2.23. The third-order valence-electron chi connectivity index (χ3n) is 5.44. The van der Waals surface area contributed by atoms with Crippen molar-refractivity contribution in [2.24, 2.45) is 0 Å². The van der Waals surface area contributed by atoms with Crippen molar-refractivity contribution in [2.75, 3.05) is 11.9 Å². The topological polar surface area (TPSA) is 62.3 Å². The van der Waals surface area contributed by atoms with Gasteiger partial charge in [-0.05, 0) is 73.4 Å². The number of carbonyl (C=O) groups is 2. The molecule has 2 heterocycles. The Morgan fingerprint density at radius 2 is 1.97 bits per heavy atom. The lowest BCUT2D eigenvalue weighted by molar-refractivity contribution is -0.128. The Labute approximate surface area is 186 Å². The predicted molar refractivity (Wildman–Crippen MR) is 123 cm³/mol. The van der Waals surface area contributed by atoms with Crippen LogP contribution in [0.3, 0.4) is 0 Å². The molecular weight excluding hydrogens is 406 g/mol. The van der Waals surface area contributed by atoms with Crippen molar-refractivity contribution >= 4 is 29.3 Å². The molecule has 0 unspecified atom stereocenters. The molecule has 2 amide bonds. The van der Waals surface area contributed by atoms with Gasteiger partial charge in [-0.3, -0.25) is 9.59 Å². The van der Waals surface area contributed by atoms with Crippen LogP contribution in [-0.4, -0.2) is 28.2 Å². The standard InChI is InChI=1S/C25H25N3O2S/c1-17-10-11-21(14-18(17)2)31-25-22(8-4-12-26-25)24(30)27-20-7-3-6-19(15-20)16-28-13-5-9-23(28)29/h3-4,6-8,10-12,14-15H,5,9,13,16H2,1-2H3,(H,27,30). The summed E-state index contributed by atoms with van der Waals surface area (Å²) in [5.74, 6) is -0.00774. The van der Waals surface area contributed by atoms with Gasteiger partial charge in [-0.25, -0.2) is 4.98 Å². The summed E-state index contributed by atoms with van der Waals surface area (Å²) in [6.07, 6.45) is 3.24. The molecule has 0 radical (unpaired) electrons. The SMILES string of the molecule is Cc1ccc(Sc2ncccc2C(=O)Nc2cccc(CN3CCCC3=O)c2)cc1C. The second-order valence-electron chi connectivity index (χ2n) is 7.78. The summed E-state index contributed by atoms with van der Waals surface area (Å²) in [7, 11) is 0. The molecule has 1 fully saturated rings. The number of amides is 2. The number of carbonyl (C=O) groups excluding carboxylic acids is 2. The number of pyridine rings is 1. The number of nitrogens with zero attached hydrogens (tertiary/aromatic N) is 2. The Bertz CT molecular complexity index is 1130. The Morgan fingerprint density at radius 3 is 2.74 bits per heavy atom. The monoisotopic (exact) mass is 431 g/mol. The fourth-order valence-electron chi connectivity index (χ4n) is 3.57. The molecule has 0 saturated carbocycles. The Balaban J connectivity index is 1.49. The van der Waals surface area contributed by atoms with Gasteiger partial charge in [-0.15, -0.1) is 0 Å². The molecule has 4 rings (SSSR count). The minimum absolute atomic E-state index is 0.192. The van der Waals surface area contributed by atoms with Gasteiger partial charge in [-0.1, -0.05) is 30.0 Å². The van der Waals surface area contributed by atoms with Gasteiger partial charge < -0.3 is 10.2 Å². The van der Waals surface area contributed by atoms with Crippen molar-refractivity contribution in [3.8, 4) is 0 Å². The minimum Gasteiger partial charge on any atom is -0.338 e. The molecule has 1 N–H and O–H groups in total. The maximum absolute atomic E-state index is 13.0. The molecule has 5 nitrogen and oxygen atoms in total. The van der Waals surface area contributed by atoms with E-state index in [1.54, 1.807) is 18.3 Å². The fraction of sp³-hybridized carbons (Fsp3) is 0.240. The van der Waals surface area contributed by atoms with E-state index in [9.17, 15) is 9.59 Å². The van der Waals surface area contributed by atoms with Crippen LogP contribution in [0.1, 0.15) is 39.9 Å². The van der Waals surface area contributed by atoms with Crippen molar-refractivity contribution in [1.29, 1.82) is 0 Å². The smallest absolute Gasteiger partial charge is 0.258 e. The molecule has 0 aliphatic carbocycles. The molecule has 31 heavy (non-hydrogen) atoms. The van der Waals surface area contributed by atoms with E-state index in [4.69, 9.17) is 0 Å². The molecular formula is C25H25N3O2S. The number of aromatic nitrogens is 1. The second kappa shape index (κ2) is 9.35. The van der Waals surface area contributed by atoms with Crippen LogP contribution in [-0.2, 0) is 11.3 Å². The zero-order valence-electron chi connectivity index (χ0n) is 17.7. The molecule has 158 valence electrons. The quantitative estimate of drug-likeness (QED) is 0.581. The average Bonchev–Trinajstić information content (AvgIpc) is 3.16. The highest BCUT2D eigenvalue weighted by Crippen LogP contribution is 2.30. The van der Waals surface area contributed by atoms with Crippen LogP contribution in [0.2, 0.25) is 0 Å². The molecule has 0 atom stereocenters. The molecule has 2 aromatic carbocycles. The highest BCUT2D eigenvalue weighted by Gasteiger charge is 2.20. The van der Waals surface area contributed by atoms with Gasteiger partial charge in [-0.2, -0.15) is 0 Å². The fourth-order valence-corrected chi connectivity index (χ4v) is 4.55. The molecule has 1 aliphatic rings. The molecule has 0 spiro atoms. The van der Waals surface area contributed by atoms with Crippen molar-refractivity contribution in [3.05, 3.63) is 83.0 Å². The van der Waals surface area contributed by atoms with Crippen LogP contribution in [0.25, 0.3) is 0 Å². The van der Waals surface area contributed by atoms with Gasteiger partial charge >= 0.3 is 0 Å². The van der Waals surface area contributed by atoms with Gasteiger partial charge in [0, 0.05) is 36.3 Å². The first-order valence-electron chi connectivity index (χ1n) is 10.4. The van der Waals surface area contributed by atoms with E-state index in [1.807, 2.05) is 35.2 Å². The van der Waals surface area contributed by atoms with Crippen molar-refractivity contribution in [1.82, 2.24) is 9.88 Å². The highest BCUT2D eigenvalue weighted by molar-refractivity contribution is 7.99. The van der Waals surface area contributed by atoms with Crippen LogP contribution >= 0.6 is 11.8 Å². The first-order chi connectivity index (χ1) is 15.0. The largest absolute Gasteiger partial charge is 0.338 e. The van der Waals surface area contributed by atoms with Gasteiger partial charge in [0.05, 0.1) is 5.56 Å². The third-order valence-corrected chi connectivity index (χ3v) is 6.45. The normalized spacial score (nSPS) is 13.5. The maximum Gasteiger partial charge on any atom is 0.258 e. The summed E-state index contributed by atoms with van der Waals surface area (Å²) < 4.78 is 0. The molecule has 1 saturated heterocycles. The molecule has 1 aliphatic heterocycles. The first-order valence-corrected chi connectivity index (χ1v) is 11.2. The number of hydrogen-bond acceptors (Lipinski definition) is 4. The van der Waals surface area contributed by atoms with Crippen LogP contribution < -0.4 is 5.32 Å². The van der Waals surface area contributed by atoms with E-state index in [2.05, 4.69) is 36.3 Å². The number of anilines is 1. The van der Waals surface area contributed by atoms with Crippen LogP contribution in [0.15, 0.2) is 70.7 Å². The summed E-state index contributed by atoms with van der Waals surface area (Å²) in [5, 5.41) is 3.65. The average molecular weight is 432 g/mol. The Kier molecular flexibility index (Phi) is 6.37. The van der Waals surface area contributed by atoms with Crippen LogP contribution in [0.5, 0.6) is 0 Å². The molecule has 3 aromatic rings. The summed E-state index contributed by atoms with van der Waals surface area (Å²) in [6, 6.07) is 17.5. The van der Waals surface area contributed by atoms with Crippen molar-refractivity contribution in [2.45, 2.75) is 43.2 Å². The minimum atomic E-state index is -0.200. The number of aryl methyl sites for hydroxylation is 2. The second-order valence-corrected chi connectivity index (χ2v) is 8.84. The van der Waals surface area contributed by atoms with E-state index in [-0.39, 0.29) is 11.8 Å². The van der Waals surface area contributed by atoms with Gasteiger partial charge in [0.2, 0.25) is 5.91 Å². The Hall–Kier alpha value is -3.12. The van der Waals surface area contributed by atoms with Gasteiger partial charge in [0.1, 0.15) is 5.03 Å². The van der Waals surface area contributed by atoms with Crippen LogP contribution in [0.4, 0.5) is 5.69 Å². The zero-order valence-corrected chi connectivity index (χ0v) is 18.5. The Morgan fingerprint density at radius 1 is 1.10 bits per heavy atom. The number of likely N-dealkylation sites (tertiary alicyclic amines) is 1. The summed E-state index contributed by atoms with van der Waals surface area (Å²) >= 11 is 1.48. The van der Waals surface area contributed by atoms with Crippen molar-refractivity contribution in [3.63, 3.8) is 0 Å². The van der Waals surface area contributed by atoms with E-state index >= 15 is 0 Å². The number of rotatable bonds is 6. The van der Waals surface area contributed by atoms with Crippen molar-refractivity contribution < 1.29 is 9.59 Å². The summed E-state index contributed by atoms with van der Waals surface area (Å²) in [5.41, 5.74) is 4.69. The predicted octanol–water partition coefficient (Wildman–Crippen LogP) is 5.22. The van der Waals surface area contributed by atoms with E-state index in [0.717, 1.165) is 23.4 Å². The molecule has 1 aromatic heterocycles. The third kappa shape index (κ3) is 5.14. The summed E-state index contributed by atoms with van der Waals surface area (Å²) in [6.45, 7) is 5.53. The molecule has 6 heteroatoms. The summed E-state index contributed by atoms with van der Waals surface area (Å²) in [4.78, 5) is 32.3. The zero-order chi connectivity index (χ0) is 21.8. The van der Waals surface area contributed by atoms with Crippen LogP contribution in [0, 0.1) is 13.8 Å². The van der Waals surface area contributed by atoms with E-state index < -0.39 is 0 Å². The van der Waals surface area contributed by atoms with Gasteiger partial charge in [0.25, 0.3) is 5.91 Å². The number of nitrogens with one attached hydrogen (secondary N) is 1. The number of benzene rings is 2. The number of hydrogen-bond donors (Lipinski definition) is 1. The lowest BCUT2D eigenvalue weighted by Gasteiger charge is -2.16. The van der Waals surface area contributed by atoms with E-state index in [1.165, 1.54) is 22.9 Å². The maximum atomic E-state index is 13.0.